The van der Waals surface area contributed by atoms with Gasteiger partial charge in [-0.05, 0) is 37.5 Å². The maximum Gasteiger partial charge on any atom is 0.410 e. The summed E-state index contributed by atoms with van der Waals surface area (Å²) in [7, 11) is -1.92. The Morgan fingerprint density at radius 1 is 1.15 bits per heavy atom. The Morgan fingerprint density at radius 2 is 1.73 bits per heavy atom. The number of Topliss-reactive ketones (excluding diaryl/α,β-unsaturated/α-hetero) is 1. The Morgan fingerprint density at radius 3 is 2.23 bits per heavy atom. The first-order chi connectivity index (χ1) is 11.9. The van der Waals surface area contributed by atoms with Gasteiger partial charge in [-0.15, -0.1) is 0 Å². The lowest BCUT2D eigenvalue weighted by molar-refractivity contribution is -0.118. The van der Waals surface area contributed by atoms with Crippen LogP contribution in [0.1, 0.15) is 40.2 Å². The highest BCUT2D eigenvalue weighted by atomic mass is 28.4. The number of nitrogens with zero attached hydrogens (tertiary/aromatic N) is 1. The molecule has 0 aliphatic carbocycles. The lowest BCUT2D eigenvalue weighted by Gasteiger charge is -2.38. The summed E-state index contributed by atoms with van der Waals surface area (Å²) in [6.07, 6.45) is -0.490. The molecule has 0 unspecified atom stereocenters. The number of hydrogen-bond acceptors (Lipinski definition) is 4. The topological polar surface area (TPSA) is 55.8 Å². The fourth-order valence-electron chi connectivity index (χ4n) is 2.08. The average Bonchev–Trinajstić information content (AvgIpc) is 2.55. The Balaban J connectivity index is 2.72. The predicted octanol–water partition coefficient (Wildman–Crippen LogP) is 4.62. The number of benzene rings is 1. The lowest BCUT2D eigenvalue weighted by Crippen LogP contribution is -2.48. The second-order valence-electron chi connectivity index (χ2n) is 8.29. The molecule has 0 fully saturated rings. The van der Waals surface area contributed by atoms with E-state index in [9.17, 15) is 9.59 Å². The van der Waals surface area contributed by atoms with Gasteiger partial charge >= 0.3 is 6.09 Å². The van der Waals surface area contributed by atoms with E-state index in [4.69, 9.17) is 9.16 Å². The van der Waals surface area contributed by atoms with Crippen molar-refractivity contribution in [1.29, 1.82) is 0 Å². The first kappa shape index (κ1) is 22.4. The van der Waals surface area contributed by atoms with E-state index in [1.165, 1.54) is 11.8 Å². The zero-order valence-electron chi connectivity index (χ0n) is 17.2. The Labute approximate surface area is 158 Å². The molecule has 0 spiro atoms. The number of carbonyl (C=O) groups excluding carboxylic acids is 2. The number of hydrogen-bond donors (Lipinski definition) is 0. The van der Waals surface area contributed by atoms with Gasteiger partial charge in [-0.1, -0.05) is 51.1 Å². The number of carbonyl (C=O) groups is 2. The van der Waals surface area contributed by atoms with E-state index in [1.54, 1.807) is 0 Å². The average molecular weight is 380 g/mol. The predicted molar refractivity (Wildman–Crippen MR) is 107 cm³/mol. The zero-order chi connectivity index (χ0) is 20.0. The van der Waals surface area contributed by atoms with Crippen molar-refractivity contribution in [3.8, 4) is 0 Å². The molecule has 0 bridgehead atoms. The molecule has 1 atom stereocenters. The fraction of sp³-hybridized carbons (Fsp3) is 0.600. The quantitative estimate of drug-likeness (QED) is 0.618. The monoisotopic (exact) mass is 379 g/mol. The molecule has 0 radical (unpaired) electrons. The molecule has 0 saturated carbocycles. The minimum absolute atomic E-state index is 0.0235. The highest BCUT2D eigenvalue weighted by Gasteiger charge is 2.38. The van der Waals surface area contributed by atoms with E-state index in [2.05, 4.69) is 33.9 Å². The van der Waals surface area contributed by atoms with Gasteiger partial charge in [0.25, 0.3) is 0 Å². The van der Waals surface area contributed by atoms with Crippen LogP contribution < -0.4 is 0 Å². The molecule has 0 aromatic heterocycles. The molecule has 0 heterocycles. The van der Waals surface area contributed by atoms with Crippen LogP contribution in [0.4, 0.5) is 4.79 Å². The van der Waals surface area contributed by atoms with Crippen LogP contribution in [0.25, 0.3) is 0 Å². The van der Waals surface area contributed by atoms with E-state index < -0.39 is 14.4 Å². The van der Waals surface area contributed by atoms with Crippen molar-refractivity contribution in [1.82, 2.24) is 4.90 Å². The summed E-state index contributed by atoms with van der Waals surface area (Å²) >= 11 is 0. The Hall–Kier alpha value is -1.66. The van der Waals surface area contributed by atoms with Crippen molar-refractivity contribution in [2.45, 2.75) is 65.4 Å². The molecule has 0 aliphatic rings. The molecule has 5 nitrogen and oxygen atoms in total. The first-order valence-corrected chi connectivity index (χ1v) is 12.0. The number of ketones is 1. The Kier molecular flexibility index (Phi) is 8.03. The van der Waals surface area contributed by atoms with Gasteiger partial charge in [0.2, 0.25) is 0 Å². The largest absolute Gasteiger partial charge is 0.445 e. The van der Waals surface area contributed by atoms with Crippen LogP contribution in [0.5, 0.6) is 0 Å². The van der Waals surface area contributed by atoms with Crippen LogP contribution in [-0.2, 0) is 20.6 Å². The van der Waals surface area contributed by atoms with E-state index in [-0.39, 0.29) is 30.0 Å². The molecular weight excluding hydrogens is 346 g/mol. The summed E-state index contributed by atoms with van der Waals surface area (Å²) in [6.45, 7) is 14.8. The standard InChI is InChI=1S/C20H33NO4Si/c1-16(14-25-26(6,7)20(3,4)5)21(13-17(2)22)19(23)24-15-18-11-9-8-10-12-18/h8-12,16H,13-15H2,1-7H3/t16-/m0/s1. The maximum absolute atomic E-state index is 12.5. The van der Waals surface area contributed by atoms with E-state index in [1.807, 2.05) is 37.3 Å². The van der Waals surface area contributed by atoms with E-state index in [0.717, 1.165) is 5.56 Å². The van der Waals surface area contributed by atoms with Crippen LogP contribution in [0.2, 0.25) is 18.1 Å². The van der Waals surface area contributed by atoms with Crippen LogP contribution in [0, 0.1) is 0 Å². The second-order valence-corrected chi connectivity index (χ2v) is 13.1. The van der Waals surface area contributed by atoms with Crippen molar-refractivity contribution in [3.05, 3.63) is 35.9 Å². The van der Waals surface area contributed by atoms with Gasteiger partial charge < -0.3 is 9.16 Å². The smallest absolute Gasteiger partial charge is 0.410 e. The van der Waals surface area contributed by atoms with Crippen molar-refractivity contribution in [2.24, 2.45) is 0 Å². The molecule has 1 amide bonds. The second kappa shape index (κ2) is 9.32. The van der Waals surface area contributed by atoms with Gasteiger partial charge in [-0.3, -0.25) is 9.69 Å². The molecule has 1 aromatic rings. The third kappa shape index (κ3) is 6.92. The van der Waals surface area contributed by atoms with Gasteiger partial charge in [-0.25, -0.2) is 4.79 Å². The molecule has 146 valence electrons. The fourth-order valence-corrected chi connectivity index (χ4v) is 3.17. The summed E-state index contributed by atoms with van der Waals surface area (Å²) < 4.78 is 11.6. The molecule has 1 aromatic carbocycles. The van der Waals surface area contributed by atoms with E-state index >= 15 is 0 Å². The van der Waals surface area contributed by atoms with Gasteiger partial charge in [-0.2, -0.15) is 0 Å². The van der Waals surface area contributed by atoms with Crippen LogP contribution in [0.3, 0.4) is 0 Å². The third-order valence-corrected chi connectivity index (χ3v) is 9.36. The summed E-state index contributed by atoms with van der Waals surface area (Å²) in [4.78, 5) is 25.6. The number of amides is 1. The molecule has 0 N–H and O–H groups in total. The summed E-state index contributed by atoms with van der Waals surface area (Å²) in [5.74, 6) is -0.0826. The normalized spacial score (nSPS) is 13.2. The van der Waals surface area contributed by atoms with Crippen molar-refractivity contribution in [2.75, 3.05) is 13.2 Å². The molecule has 0 saturated heterocycles. The molecule has 6 heteroatoms. The minimum atomic E-state index is -1.92. The Bertz CT molecular complexity index is 596. The SMILES string of the molecule is CC(=O)CN(C(=O)OCc1ccccc1)[C@@H](C)CO[Si](C)(C)C(C)(C)C. The van der Waals surface area contributed by atoms with Gasteiger partial charge in [0, 0.05) is 0 Å². The third-order valence-electron chi connectivity index (χ3n) is 4.86. The van der Waals surface area contributed by atoms with E-state index in [0.29, 0.717) is 6.61 Å². The van der Waals surface area contributed by atoms with Gasteiger partial charge in [0.15, 0.2) is 8.32 Å². The number of ether oxygens (including phenoxy) is 1. The zero-order valence-corrected chi connectivity index (χ0v) is 18.2. The van der Waals surface area contributed by atoms with Crippen molar-refractivity contribution >= 4 is 20.2 Å². The van der Waals surface area contributed by atoms with Crippen molar-refractivity contribution < 1.29 is 18.8 Å². The summed E-state index contributed by atoms with van der Waals surface area (Å²) in [6, 6.07) is 9.25. The maximum atomic E-state index is 12.5. The molecule has 0 aliphatic heterocycles. The lowest BCUT2D eigenvalue weighted by atomic mass is 10.2. The molecule has 1 rings (SSSR count). The highest BCUT2D eigenvalue weighted by molar-refractivity contribution is 6.74. The van der Waals surface area contributed by atoms with Crippen LogP contribution >= 0.6 is 0 Å². The minimum Gasteiger partial charge on any atom is -0.445 e. The van der Waals surface area contributed by atoms with Crippen molar-refractivity contribution in [3.63, 3.8) is 0 Å². The first-order valence-electron chi connectivity index (χ1n) is 9.05. The van der Waals surface area contributed by atoms with Crippen LogP contribution in [0.15, 0.2) is 30.3 Å². The summed E-state index contributed by atoms with van der Waals surface area (Å²) in [5, 5.41) is 0.0892. The molecule has 26 heavy (non-hydrogen) atoms. The van der Waals surface area contributed by atoms with Gasteiger partial charge in [0.05, 0.1) is 19.2 Å². The number of rotatable bonds is 8. The summed E-state index contributed by atoms with van der Waals surface area (Å²) in [5.41, 5.74) is 0.911. The van der Waals surface area contributed by atoms with Gasteiger partial charge in [0.1, 0.15) is 12.4 Å². The van der Waals surface area contributed by atoms with Crippen LogP contribution in [-0.4, -0.2) is 44.3 Å². The molecular formula is C20H33NO4Si. The highest BCUT2D eigenvalue weighted by Crippen LogP contribution is 2.36.